The zero-order valence-electron chi connectivity index (χ0n) is 9.05. The van der Waals surface area contributed by atoms with Gasteiger partial charge in [0.15, 0.2) is 0 Å². The molecule has 0 saturated heterocycles. The molecule has 1 fully saturated rings. The van der Waals surface area contributed by atoms with Gasteiger partial charge in [0.25, 0.3) is 0 Å². The van der Waals surface area contributed by atoms with Crippen LogP contribution in [0.5, 0.6) is 0 Å². The van der Waals surface area contributed by atoms with E-state index in [4.69, 9.17) is 4.74 Å². The Morgan fingerprint density at radius 1 is 1.50 bits per heavy atom. The SMILES string of the molecule is C=CC(=O)OCC1(CCC)CCCC1. The third kappa shape index (κ3) is 2.86. The van der Waals surface area contributed by atoms with E-state index in [0.717, 1.165) is 0 Å². The number of carbonyl (C=O) groups excluding carboxylic acids is 1. The van der Waals surface area contributed by atoms with E-state index < -0.39 is 0 Å². The van der Waals surface area contributed by atoms with Gasteiger partial charge >= 0.3 is 5.97 Å². The van der Waals surface area contributed by atoms with E-state index in [1.54, 1.807) is 0 Å². The molecule has 2 nitrogen and oxygen atoms in total. The van der Waals surface area contributed by atoms with Gasteiger partial charge in [-0.05, 0) is 19.3 Å². The van der Waals surface area contributed by atoms with Gasteiger partial charge in [0.2, 0.25) is 0 Å². The van der Waals surface area contributed by atoms with Crippen molar-refractivity contribution in [1.82, 2.24) is 0 Å². The smallest absolute Gasteiger partial charge is 0.330 e. The van der Waals surface area contributed by atoms with Crippen molar-refractivity contribution in [3.8, 4) is 0 Å². The van der Waals surface area contributed by atoms with Gasteiger partial charge < -0.3 is 4.74 Å². The van der Waals surface area contributed by atoms with Gasteiger partial charge in [0.1, 0.15) is 0 Å². The van der Waals surface area contributed by atoms with Crippen LogP contribution in [-0.2, 0) is 9.53 Å². The molecule has 80 valence electrons. The van der Waals surface area contributed by atoms with Crippen molar-refractivity contribution in [2.24, 2.45) is 5.41 Å². The Balaban J connectivity index is 2.43. The maximum absolute atomic E-state index is 11.0. The molecule has 0 radical (unpaired) electrons. The van der Waals surface area contributed by atoms with Crippen molar-refractivity contribution < 1.29 is 9.53 Å². The second-order valence-corrected chi connectivity index (χ2v) is 4.27. The second-order valence-electron chi connectivity index (χ2n) is 4.27. The number of esters is 1. The van der Waals surface area contributed by atoms with Gasteiger partial charge in [-0.15, -0.1) is 0 Å². The summed E-state index contributed by atoms with van der Waals surface area (Å²) in [7, 11) is 0. The molecular formula is C12H20O2. The molecule has 14 heavy (non-hydrogen) atoms. The number of rotatable bonds is 5. The number of hydrogen-bond donors (Lipinski definition) is 0. The summed E-state index contributed by atoms with van der Waals surface area (Å²) >= 11 is 0. The molecule has 0 aliphatic heterocycles. The first-order chi connectivity index (χ1) is 6.72. The lowest BCUT2D eigenvalue weighted by molar-refractivity contribution is -0.141. The van der Waals surface area contributed by atoms with Crippen LogP contribution in [0.25, 0.3) is 0 Å². The third-order valence-corrected chi connectivity index (χ3v) is 3.13. The predicted octanol–water partition coefficient (Wildman–Crippen LogP) is 3.08. The number of ether oxygens (including phenoxy) is 1. The van der Waals surface area contributed by atoms with Crippen LogP contribution in [0.2, 0.25) is 0 Å². The topological polar surface area (TPSA) is 26.3 Å². The largest absolute Gasteiger partial charge is 0.462 e. The summed E-state index contributed by atoms with van der Waals surface area (Å²) in [5, 5.41) is 0. The normalized spacial score (nSPS) is 19.2. The van der Waals surface area contributed by atoms with Gasteiger partial charge in [0.05, 0.1) is 6.61 Å². The standard InChI is InChI=1S/C12H20O2/c1-3-7-12(8-5-6-9-12)10-14-11(13)4-2/h4H,2-3,5-10H2,1H3. The Morgan fingerprint density at radius 3 is 2.64 bits per heavy atom. The van der Waals surface area contributed by atoms with Gasteiger partial charge in [-0.25, -0.2) is 4.79 Å². The highest BCUT2D eigenvalue weighted by Gasteiger charge is 2.33. The minimum absolute atomic E-state index is 0.285. The first-order valence-electron chi connectivity index (χ1n) is 5.52. The summed E-state index contributed by atoms with van der Waals surface area (Å²) < 4.78 is 5.17. The van der Waals surface area contributed by atoms with E-state index >= 15 is 0 Å². The molecule has 0 N–H and O–H groups in total. The molecular weight excluding hydrogens is 176 g/mol. The molecule has 0 aromatic heterocycles. The van der Waals surface area contributed by atoms with Crippen LogP contribution in [0, 0.1) is 5.41 Å². The highest BCUT2D eigenvalue weighted by Crippen LogP contribution is 2.42. The lowest BCUT2D eigenvalue weighted by atomic mass is 9.83. The zero-order valence-corrected chi connectivity index (χ0v) is 9.05. The van der Waals surface area contributed by atoms with E-state index in [9.17, 15) is 4.79 Å². The van der Waals surface area contributed by atoms with Gasteiger partial charge in [-0.2, -0.15) is 0 Å². The maximum atomic E-state index is 11.0. The van der Waals surface area contributed by atoms with Crippen molar-refractivity contribution >= 4 is 5.97 Å². The van der Waals surface area contributed by atoms with E-state index in [-0.39, 0.29) is 11.4 Å². The Morgan fingerprint density at radius 2 is 2.14 bits per heavy atom. The third-order valence-electron chi connectivity index (χ3n) is 3.13. The lowest BCUT2D eigenvalue weighted by Crippen LogP contribution is -2.24. The predicted molar refractivity (Wildman–Crippen MR) is 57.0 cm³/mol. The number of hydrogen-bond acceptors (Lipinski definition) is 2. The van der Waals surface area contributed by atoms with Crippen LogP contribution in [0.15, 0.2) is 12.7 Å². The average Bonchev–Trinajstić information content (AvgIpc) is 2.64. The average molecular weight is 196 g/mol. The molecule has 0 spiro atoms. The van der Waals surface area contributed by atoms with Crippen molar-refractivity contribution in [1.29, 1.82) is 0 Å². The minimum atomic E-state index is -0.285. The summed E-state index contributed by atoms with van der Waals surface area (Å²) in [6.45, 7) is 6.18. The molecule has 0 bridgehead atoms. The van der Waals surface area contributed by atoms with E-state index in [2.05, 4.69) is 13.5 Å². The molecule has 0 unspecified atom stereocenters. The minimum Gasteiger partial charge on any atom is -0.462 e. The summed E-state index contributed by atoms with van der Waals surface area (Å²) in [5.74, 6) is -0.285. The van der Waals surface area contributed by atoms with E-state index in [1.807, 2.05) is 0 Å². The van der Waals surface area contributed by atoms with Crippen LogP contribution in [0.3, 0.4) is 0 Å². The molecule has 1 aliphatic carbocycles. The number of carbonyl (C=O) groups is 1. The summed E-state index contributed by atoms with van der Waals surface area (Å²) in [4.78, 5) is 11.0. The van der Waals surface area contributed by atoms with Crippen LogP contribution in [0.1, 0.15) is 45.4 Å². The van der Waals surface area contributed by atoms with E-state index in [0.29, 0.717) is 6.61 Å². The van der Waals surface area contributed by atoms with Crippen molar-refractivity contribution in [2.75, 3.05) is 6.61 Å². The molecule has 0 heterocycles. The molecule has 0 aromatic carbocycles. The van der Waals surface area contributed by atoms with Crippen LogP contribution in [-0.4, -0.2) is 12.6 Å². The fourth-order valence-electron chi connectivity index (χ4n) is 2.40. The van der Waals surface area contributed by atoms with Gasteiger partial charge in [0, 0.05) is 11.5 Å². The lowest BCUT2D eigenvalue weighted by Gasteiger charge is -2.27. The fourth-order valence-corrected chi connectivity index (χ4v) is 2.40. The molecule has 1 aliphatic rings. The highest BCUT2D eigenvalue weighted by atomic mass is 16.5. The zero-order chi connectivity index (χ0) is 10.4. The van der Waals surface area contributed by atoms with E-state index in [1.165, 1.54) is 44.6 Å². The molecule has 1 saturated carbocycles. The Bertz CT molecular complexity index is 202. The summed E-state index contributed by atoms with van der Waals surface area (Å²) in [6.07, 6.45) is 8.59. The fraction of sp³-hybridized carbons (Fsp3) is 0.750. The Labute approximate surface area is 86.3 Å². The molecule has 0 amide bonds. The van der Waals surface area contributed by atoms with Crippen LogP contribution in [0.4, 0.5) is 0 Å². The van der Waals surface area contributed by atoms with Gasteiger partial charge in [-0.3, -0.25) is 0 Å². The first-order valence-corrected chi connectivity index (χ1v) is 5.52. The van der Waals surface area contributed by atoms with Crippen LogP contribution >= 0.6 is 0 Å². The molecule has 2 heteroatoms. The first kappa shape index (κ1) is 11.3. The Hall–Kier alpha value is -0.790. The monoisotopic (exact) mass is 196 g/mol. The molecule has 0 atom stereocenters. The quantitative estimate of drug-likeness (QED) is 0.499. The summed E-state index contributed by atoms with van der Waals surface area (Å²) in [5.41, 5.74) is 0.285. The molecule has 0 aromatic rings. The highest BCUT2D eigenvalue weighted by molar-refractivity contribution is 5.81. The van der Waals surface area contributed by atoms with Crippen molar-refractivity contribution in [2.45, 2.75) is 45.4 Å². The maximum Gasteiger partial charge on any atom is 0.330 e. The second kappa shape index (κ2) is 5.18. The van der Waals surface area contributed by atoms with Gasteiger partial charge in [-0.1, -0.05) is 32.8 Å². The van der Waals surface area contributed by atoms with Crippen LogP contribution < -0.4 is 0 Å². The Kier molecular flexibility index (Phi) is 4.18. The molecule has 1 rings (SSSR count). The van der Waals surface area contributed by atoms with Crippen molar-refractivity contribution in [3.05, 3.63) is 12.7 Å². The van der Waals surface area contributed by atoms with Crippen molar-refractivity contribution in [3.63, 3.8) is 0 Å². The summed E-state index contributed by atoms with van der Waals surface area (Å²) in [6, 6.07) is 0.